The molecule has 0 aromatic heterocycles. The second-order valence-electron chi connectivity index (χ2n) is 4.35. The Kier molecular flexibility index (Phi) is 4.40. The van der Waals surface area contributed by atoms with Crippen molar-refractivity contribution in [3.05, 3.63) is 0 Å². The van der Waals surface area contributed by atoms with Gasteiger partial charge in [0.05, 0.1) is 6.04 Å². The van der Waals surface area contributed by atoms with Crippen molar-refractivity contribution in [3.63, 3.8) is 0 Å². The maximum absolute atomic E-state index is 11.8. The number of rotatable bonds is 3. The number of hydrogen-bond donors (Lipinski definition) is 1. The molecule has 0 aromatic carbocycles. The van der Waals surface area contributed by atoms with Gasteiger partial charge in [0, 0.05) is 13.1 Å². The maximum Gasteiger partial charge on any atom is 0.240 e. The molecular formula is C10H22N2O. The molecule has 0 aliphatic carbocycles. The van der Waals surface area contributed by atoms with E-state index in [-0.39, 0.29) is 11.3 Å². The first-order valence-electron chi connectivity index (χ1n) is 4.89. The highest BCUT2D eigenvalue weighted by molar-refractivity contribution is 5.82. The van der Waals surface area contributed by atoms with Crippen LogP contribution in [0.25, 0.3) is 0 Å². The van der Waals surface area contributed by atoms with Gasteiger partial charge in [-0.3, -0.25) is 4.79 Å². The van der Waals surface area contributed by atoms with E-state index in [0.29, 0.717) is 0 Å². The van der Waals surface area contributed by atoms with Gasteiger partial charge in [-0.15, -0.1) is 0 Å². The van der Waals surface area contributed by atoms with Crippen molar-refractivity contribution in [3.8, 4) is 0 Å². The predicted molar refractivity (Wildman–Crippen MR) is 55.4 cm³/mol. The van der Waals surface area contributed by atoms with Crippen molar-refractivity contribution in [2.45, 2.75) is 40.7 Å². The highest BCUT2D eigenvalue weighted by Gasteiger charge is 2.29. The fourth-order valence-electron chi connectivity index (χ4n) is 1.10. The van der Waals surface area contributed by atoms with E-state index in [2.05, 4.69) is 0 Å². The van der Waals surface area contributed by atoms with Crippen molar-refractivity contribution in [2.24, 2.45) is 11.1 Å². The van der Waals surface area contributed by atoms with Gasteiger partial charge in [0.15, 0.2) is 0 Å². The molecule has 78 valence electrons. The highest BCUT2D eigenvalue weighted by atomic mass is 16.2. The molecule has 0 aliphatic heterocycles. The fourth-order valence-corrected chi connectivity index (χ4v) is 1.10. The van der Waals surface area contributed by atoms with Crippen LogP contribution >= 0.6 is 0 Å². The van der Waals surface area contributed by atoms with Gasteiger partial charge >= 0.3 is 0 Å². The second-order valence-corrected chi connectivity index (χ2v) is 4.35. The molecule has 0 heterocycles. The number of carbonyl (C=O) groups excluding carboxylic acids is 1. The minimum atomic E-state index is -0.396. The first-order valence-corrected chi connectivity index (χ1v) is 4.89. The van der Waals surface area contributed by atoms with Crippen molar-refractivity contribution >= 4 is 5.91 Å². The van der Waals surface area contributed by atoms with Crippen LogP contribution in [0, 0.1) is 5.41 Å². The summed E-state index contributed by atoms with van der Waals surface area (Å²) in [4.78, 5) is 13.5. The largest absolute Gasteiger partial charge is 0.342 e. The minimum Gasteiger partial charge on any atom is -0.342 e. The smallest absolute Gasteiger partial charge is 0.240 e. The Hall–Kier alpha value is -0.570. The zero-order valence-corrected chi connectivity index (χ0v) is 9.42. The summed E-state index contributed by atoms with van der Waals surface area (Å²) < 4.78 is 0. The Morgan fingerprint density at radius 2 is 1.69 bits per heavy atom. The molecule has 0 fully saturated rings. The first-order chi connectivity index (χ1) is 5.84. The summed E-state index contributed by atoms with van der Waals surface area (Å²) in [6.07, 6.45) is 0. The zero-order valence-electron chi connectivity index (χ0n) is 9.42. The molecule has 3 nitrogen and oxygen atoms in total. The average molecular weight is 186 g/mol. The molecule has 0 rings (SSSR count). The number of hydrogen-bond acceptors (Lipinski definition) is 2. The lowest BCUT2D eigenvalue weighted by atomic mass is 9.86. The van der Waals surface area contributed by atoms with Crippen LogP contribution in [-0.4, -0.2) is 29.9 Å². The van der Waals surface area contributed by atoms with Gasteiger partial charge in [-0.1, -0.05) is 20.8 Å². The lowest BCUT2D eigenvalue weighted by molar-refractivity contribution is -0.134. The predicted octanol–water partition coefficient (Wildman–Crippen LogP) is 1.23. The maximum atomic E-state index is 11.8. The molecule has 0 spiro atoms. The third kappa shape index (κ3) is 3.35. The van der Waals surface area contributed by atoms with E-state index in [9.17, 15) is 4.79 Å². The lowest BCUT2D eigenvalue weighted by Crippen LogP contribution is -2.50. The highest BCUT2D eigenvalue weighted by Crippen LogP contribution is 2.18. The summed E-state index contributed by atoms with van der Waals surface area (Å²) in [5.74, 6) is 0.0532. The summed E-state index contributed by atoms with van der Waals surface area (Å²) in [6, 6.07) is -0.396. The van der Waals surface area contributed by atoms with Crippen LogP contribution < -0.4 is 5.73 Å². The molecule has 0 bridgehead atoms. The molecule has 0 radical (unpaired) electrons. The lowest BCUT2D eigenvalue weighted by Gasteiger charge is -2.30. The van der Waals surface area contributed by atoms with Crippen LogP contribution in [0.1, 0.15) is 34.6 Å². The van der Waals surface area contributed by atoms with Crippen LogP contribution in [0.4, 0.5) is 0 Å². The third-order valence-corrected chi connectivity index (χ3v) is 2.27. The fraction of sp³-hybridized carbons (Fsp3) is 0.900. The van der Waals surface area contributed by atoms with Crippen molar-refractivity contribution in [1.82, 2.24) is 4.90 Å². The molecule has 13 heavy (non-hydrogen) atoms. The average Bonchev–Trinajstić information content (AvgIpc) is 2.03. The number of amides is 1. The Balaban J connectivity index is 4.41. The third-order valence-electron chi connectivity index (χ3n) is 2.27. The number of nitrogens with two attached hydrogens (primary N) is 1. The molecular weight excluding hydrogens is 164 g/mol. The summed E-state index contributed by atoms with van der Waals surface area (Å²) in [7, 11) is 0. The summed E-state index contributed by atoms with van der Waals surface area (Å²) >= 11 is 0. The SMILES string of the molecule is CCN(CC)C(=O)C(N)C(C)(C)C. The molecule has 1 amide bonds. The van der Waals surface area contributed by atoms with Crippen molar-refractivity contribution < 1.29 is 4.79 Å². The van der Waals surface area contributed by atoms with Crippen LogP contribution in [0.15, 0.2) is 0 Å². The standard InChI is InChI=1S/C10H22N2O/c1-6-12(7-2)9(13)8(11)10(3,4)5/h8H,6-7,11H2,1-5H3. The molecule has 0 saturated heterocycles. The Bertz CT molecular complexity index is 168. The monoisotopic (exact) mass is 186 g/mol. The zero-order chi connectivity index (χ0) is 10.6. The van der Waals surface area contributed by atoms with Crippen LogP contribution in [0.5, 0.6) is 0 Å². The van der Waals surface area contributed by atoms with E-state index in [1.807, 2.05) is 34.6 Å². The Labute approximate surface area is 81.3 Å². The van der Waals surface area contributed by atoms with Gasteiger partial charge in [0.25, 0.3) is 0 Å². The molecule has 1 unspecified atom stereocenters. The normalized spacial score (nSPS) is 14.0. The number of nitrogens with zero attached hydrogens (tertiary/aromatic N) is 1. The topological polar surface area (TPSA) is 46.3 Å². The van der Waals surface area contributed by atoms with Gasteiger partial charge in [-0.05, 0) is 19.3 Å². The van der Waals surface area contributed by atoms with Crippen molar-refractivity contribution in [2.75, 3.05) is 13.1 Å². The molecule has 0 aromatic rings. The van der Waals surface area contributed by atoms with Gasteiger partial charge in [0.1, 0.15) is 0 Å². The van der Waals surface area contributed by atoms with Gasteiger partial charge in [-0.2, -0.15) is 0 Å². The molecule has 1 atom stereocenters. The van der Waals surface area contributed by atoms with Crippen molar-refractivity contribution in [1.29, 1.82) is 0 Å². The van der Waals surface area contributed by atoms with Gasteiger partial charge in [0.2, 0.25) is 5.91 Å². The van der Waals surface area contributed by atoms with Crippen LogP contribution in [0.3, 0.4) is 0 Å². The molecule has 0 aliphatic rings. The summed E-state index contributed by atoms with van der Waals surface area (Å²) in [5.41, 5.74) is 5.70. The summed E-state index contributed by atoms with van der Waals surface area (Å²) in [6.45, 7) is 11.4. The van der Waals surface area contributed by atoms with Crippen LogP contribution in [0.2, 0.25) is 0 Å². The molecule has 3 heteroatoms. The molecule has 2 N–H and O–H groups in total. The van der Waals surface area contributed by atoms with E-state index < -0.39 is 6.04 Å². The quantitative estimate of drug-likeness (QED) is 0.720. The number of carbonyl (C=O) groups is 1. The molecule has 0 saturated carbocycles. The van der Waals surface area contributed by atoms with Gasteiger partial charge in [-0.25, -0.2) is 0 Å². The first kappa shape index (κ1) is 12.4. The minimum absolute atomic E-state index is 0.0532. The Morgan fingerprint density at radius 3 is 1.92 bits per heavy atom. The second kappa shape index (κ2) is 4.61. The van der Waals surface area contributed by atoms with E-state index in [4.69, 9.17) is 5.73 Å². The van der Waals surface area contributed by atoms with E-state index >= 15 is 0 Å². The Morgan fingerprint density at radius 1 is 1.31 bits per heavy atom. The van der Waals surface area contributed by atoms with Crippen LogP contribution in [-0.2, 0) is 4.79 Å². The van der Waals surface area contributed by atoms with E-state index in [0.717, 1.165) is 13.1 Å². The summed E-state index contributed by atoms with van der Waals surface area (Å²) in [5, 5.41) is 0. The van der Waals surface area contributed by atoms with E-state index in [1.165, 1.54) is 0 Å². The van der Waals surface area contributed by atoms with E-state index in [1.54, 1.807) is 4.90 Å². The number of likely N-dealkylation sites (N-methyl/N-ethyl adjacent to an activating group) is 1. The van der Waals surface area contributed by atoms with Gasteiger partial charge < -0.3 is 10.6 Å².